The van der Waals surface area contributed by atoms with Gasteiger partial charge in [0.1, 0.15) is 12.1 Å². The Labute approximate surface area is 96.0 Å². The molecule has 0 saturated heterocycles. The molecule has 0 aliphatic rings. The molecule has 0 aliphatic carbocycles. The second-order valence-electron chi connectivity index (χ2n) is 2.97. The summed E-state index contributed by atoms with van der Waals surface area (Å²) in [5.41, 5.74) is 3.25. The van der Waals surface area contributed by atoms with E-state index in [1.807, 2.05) is 29.6 Å². The van der Waals surface area contributed by atoms with E-state index in [9.17, 15) is 0 Å². The third kappa shape index (κ3) is 2.00. The predicted octanol–water partition coefficient (Wildman–Crippen LogP) is 2.72. The third-order valence-electron chi connectivity index (χ3n) is 1.96. The molecule has 0 bridgehead atoms. The molecule has 0 amide bonds. The number of anilines is 1. The van der Waals surface area contributed by atoms with Crippen molar-refractivity contribution in [1.82, 2.24) is 0 Å². The van der Waals surface area contributed by atoms with E-state index >= 15 is 0 Å². The Morgan fingerprint density at radius 3 is 2.81 bits per heavy atom. The van der Waals surface area contributed by atoms with Crippen molar-refractivity contribution < 1.29 is 0 Å². The molecule has 16 heavy (non-hydrogen) atoms. The highest BCUT2D eigenvalue weighted by atomic mass is 32.1. The monoisotopic (exact) mass is 226 g/mol. The molecule has 1 aromatic carbocycles. The molecule has 0 fully saturated rings. The highest BCUT2D eigenvalue weighted by Crippen LogP contribution is 2.24. The molecule has 1 N–H and O–H groups in total. The van der Waals surface area contributed by atoms with Crippen LogP contribution in [0.3, 0.4) is 0 Å². The largest absolute Gasteiger partial charge is 0.276 e. The van der Waals surface area contributed by atoms with Gasteiger partial charge in [0.05, 0.1) is 5.69 Å². The average Bonchev–Trinajstić information content (AvgIpc) is 2.77. The van der Waals surface area contributed by atoms with Gasteiger partial charge in [-0.05, 0) is 29.0 Å². The Kier molecular flexibility index (Phi) is 2.81. The molecule has 0 aliphatic heterocycles. The number of hydrogen-bond acceptors (Lipinski definition) is 5. The van der Waals surface area contributed by atoms with Gasteiger partial charge in [0, 0.05) is 4.70 Å². The minimum atomic E-state index is -0.189. The van der Waals surface area contributed by atoms with E-state index in [0.29, 0.717) is 0 Å². The quantitative estimate of drug-likeness (QED) is 0.632. The molecular weight excluding hydrogens is 220 g/mol. The number of hydrazone groups is 1. The number of hydrogen-bond donors (Lipinski definition) is 1. The molecule has 5 heteroatoms. The van der Waals surface area contributed by atoms with E-state index in [1.165, 1.54) is 5.39 Å². The van der Waals surface area contributed by atoms with Crippen molar-refractivity contribution in [3.63, 3.8) is 0 Å². The number of nitrogens with zero attached hydrogens (tertiary/aromatic N) is 3. The summed E-state index contributed by atoms with van der Waals surface area (Å²) < 4.78 is 1.13. The van der Waals surface area contributed by atoms with E-state index in [1.54, 1.807) is 23.5 Å². The fraction of sp³-hybridized carbons (Fsp3) is 0. The van der Waals surface area contributed by atoms with E-state index in [4.69, 9.17) is 10.5 Å². The summed E-state index contributed by atoms with van der Waals surface area (Å²) >= 11 is 1.63. The van der Waals surface area contributed by atoms with Crippen molar-refractivity contribution in [2.24, 2.45) is 5.10 Å². The molecule has 4 nitrogen and oxygen atoms in total. The number of nitriles is 2. The fourth-order valence-corrected chi connectivity index (χ4v) is 2.05. The molecule has 1 heterocycles. The first kappa shape index (κ1) is 10.2. The molecule has 1 aromatic heterocycles. The molecule has 0 saturated carbocycles. The number of thiophene rings is 1. The van der Waals surface area contributed by atoms with Gasteiger partial charge < -0.3 is 0 Å². The molecule has 0 radical (unpaired) electrons. The third-order valence-corrected chi connectivity index (χ3v) is 2.84. The molecular formula is C11H6N4S. The van der Waals surface area contributed by atoms with Gasteiger partial charge in [0.2, 0.25) is 5.71 Å². The van der Waals surface area contributed by atoms with Gasteiger partial charge in [0.15, 0.2) is 0 Å². The summed E-state index contributed by atoms with van der Waals surface area (Å²) in [7, 11) is 0. The molecule has 0 spiro atoms. The van der Waals surface area contributed by atoms with Crippen LogP contribution in [0.4, 0.5) is 5.69 Å². The number of nitrogens with one attached hydrogen (secondary N) is 1. The first-order valence-corrected chi connectivity index (χ1v) is 5.32. The van der Waals surface area contributed by atoms with E-state index < -0.39 is 0 Å². The summed E-state index contributed by atoms with van der Waals surface area (Å²) in [6, 6.07) is 11.1. The normalized spacial score (nSPS) is 9.12. The Morgan fingerprint density at radius 2 is 2.06 bits per heavy atom. The van der Waals surface area contributed by atoms with Crippen LogP contribution in [0, 0.1) is 22.7 Å². The van der Waals surface area contributed by atoms with Gasteiger partial charge in [-0.3, -0.25) is 5.43 Å². The van der Waals surface area contributed by atoms with Gasteiger partial charge in [-0.1, -0.05) is 6.07 Å². The first-order valence-electron chi connectivity index (χ1n) is 4.44. The Hall–Kier alpha value is -2.37. The van der Waals surface area contributed by atoms with Crippen molar-refractivity contribution in [1.29, 1.82) is 10.5 Å². The van der Waals surface area contributed by atoms with Crippen LogP contribution in [-0.2, 0) is 0 Å². The lowest BCUT2D eigenvalue weighted by Crippen LogP contribution is -1.95. The SMILES string of the molecule is N#CC(C#N)=NNc1ccc2ccsc2c1. The van der Waals surface area contributed by atoms with E-state index in [2.05, 4.69) is 10.5 Å². The lowest BCUT2D eigenvalue weighted by Gasteiger charge is -1.99. The molecule has 76 valence electrons. The van der Waals surface area contributed by atoms with Crippen LogP contribution >= 0.6 is 11.3 Å². The molecule has 0 atom stereocenters. The maximum Gasteiger partial charge on any atom is 0.237 e. The lowest BCUT2D eigenvalue weighted by molar-refractivity contribution is 1.34. The zero-order valence-corrected chi connectivity index (χ0v) is 8.95. The fourth-order valence-electron chi connectivity index (χ4n) is 1.22. The summed E-state index contributed by atoms with van der Waals surface area (Å²) in [5, 5.41) is 23.8. The van der Waals surface area contributed by atoms with E-state index in [0.717, 1.165) is 10.4 Å². The van der Waals surface area contributed by atoms with Crippen molar-refractivity contribution in [3.8, 4) is 12.1 Å². The van der Waals surface area contributed by atoms with Crippen LogP contribution in [0.1, 0.15) is 0 Å². The van der Waals surface area contributed by atoms with Crippen LogP contribution in [0.15, 0.2) is 34.7 Å². The van der Waals surface area contributed by atoms with Gasteiger partial charge in [0.25, 0.3) is 0 Å². The molecule has 0 unspecified atom stereocenters. The molecule has 2 aromatic rings. The maximum atomic E-state index is 8.50. The number of benzene rings is 1. The minimum Gasteiger partial charge on any atom is -0.276 e. The lowest BCUT2D eigenvalue weighted by atomic mass is 10.2. The first-order chi connectivity index (χ1) is 7.83. The standard InChI is InChI=1S/C11H6N4S/c12-6-10(7-13)15-14-9-2-1-8-3-4-16-11(8)5-9/h1-5,14H. The Balaban J connectivity index is 2.26. The Morgan fingerprint density at radius 1 is 1.25 bits per heavy atom. The minimum absolute atomic E-state index is 0.189. The predicted molar refractivity (Wildman–Crippen MR) is 64.1 cm³/mol. The van der Waals surface area contributed by atoms with Crippen LogP contribution in [0.25, 0.3) is 10.1 Å². The van der Waals surface area contributed by atoms with Crippen LogP contribution < -0.4 is 5.43 Å². The number of fused-ring (bicyclic) bond motifs is 1. The van der Waals surface area contributed by atoms with Crippen LogP contribution in [-0.4, -0.2) is 5.71 Å². The molecule has 2 rings (SSSR count). The second kappa shape index (κ2) is 4.43. The summed E-state index contributed by atoms with van der Waals surface area (Å²) in [6.07, 6.45) is 0. The van der Waals surface area contributed by atoms with Gasteiger partial charge in [-0.2, -0.15) is 15.6 Å². The topological polar surface area (TPSA) is 72.0 Å². The summed E-state index contributed by atoms with van der Waals surface area (Å²) in [4.78, 5) is 0. The highest BCUT2D eigenvalue weighted by molar-refractivity contribution is 7.17. The average molecular weight is 226 g/mol. The van der Waals surface area contributed by atoms with Crippen molar-refractivity contribution in [3.05, 3.63) is 29.6 Å². The van der Waals surface area contributed by atoms with Gasteiger partial charge in [-0.15, -0.1) is 11.3 Å². The van der Waals surface area contributed by atoms with E-state index in [-0.39, 0.29) is 5.71 Å². The van der Waals surface area contributed by atoms with Gasteiger partial charge >= 0.3 is 0 Å². The summed E-state index contributed by atoms with van der Waals surface area (Å²) in [5.74, 6) is 0. The van der Waals surface area contributed by atoms with Crippen molar-refractivity contribution in [2.75, 3.05) is 5.43 Å². The smallest absolute Gasteiger partial charge is 0.237 e. The second-order valence-corrected chi connectivity index (χ2v) is 3.92. The number of rotatable bonds is 2. The van der Waals surface area contributed by atoms with Crippen molar-refractivity contribution in [2.45, 2.75) is 0 Å². The zero-order chi connectivity index (χ0) is 11.4. The van der Waals surface area contributed by atoms with Gasteiger partial charge in [-0.25, -0.2) is 0 Å². The van der Waals surface area contributed by atoms with Crippen molar-refractivity contribution >= 4 is 32.8 Å². The maximum absolute atomic E-state index is 8.50. The zero-order valence-electron chi connectivity index (χ0n) is 8.14. The highest BCUT2D eigenvalue weighted by Gasteiger charge is 1.97. The Bertz CT molecular complexity index is 611. The summed E-state index contributed by atoms with van der Waals surface area (Å²) in [6.45, 7) is 0. The van der Waals surface area contributed by atoms with Crippen LogP contribution in [0.2, 0.25) is 0 Å². The van der Waals surface area contributed by atoms with Crippen LogP contribution in [0.5, 0.6) is 0 Å².